The average molecular weight is 470 g/mol. The van der Waals surface area contributed by atoms with Crippen molar-refractivity contribution in [2.45, 2.75) is 30.9 Å². The summed E-state index contributed by atoms with van der Waals surface area (Å²) >= 11 is 0. The van der Waals surface area contributed by atoms with Crippen LogP contribution in [0.15, 0.2) is 58.9 Å². The number of hydrogen-bond acceptors (Lipinski definition) is 6. The zero-order chi connectivity index (χ0) is 24.0. The normalized spacial score (nSPS) is 21.8. The quantitative estimate of drug-likeness (QED) is 0.583. The van der Waals surface area contributed by atoms with E-state index < -0.39 is 29.1 Å². The summed E-state index contributed by atoms with van der Waals surface area (Å²) in [5, 5.41) is 2.91. The van der Waals surface area contributed by atoms with Crippen molar-refractivity contribution in [3.63, 3.8) is 0 Å². The molecular formula is C21H20F6N6. The van der Waals surface area contributed by atoms with E-state index in [1.54, 1.807) is 0 Å². The van der Waals surface area contributed by atoms with E-state index in [9.17, 15) is 26.3 Å². The summed E-state index contributed by atoms with van der Waals surface area (Å²) < 4.78 is 79.4. The molecule has 2 aromatic rings. The van der Waals surface area contributed by atoms with E-state index in [2.05, 4.69) is 15.3 Å². The smallest absolute Gasteiger partial charge is 0.370 e. The van der Waals surface area contributed by atoms with Gasteiger partial charge in [-0.3, -0.25) is 5.73 Å². The van der Waals surface area contributed by atoms with E-state index in [0.29, 0.717) is 11.3 Å². The maximum Gasteiger partial charge on any atom is 0.419 e. The Morgan fingerprint density at radius 2 is 1.61 bits per heavy atom. The number of pyridine rings is 1. The summed E-state index contributed by atoms with van der Waals surface area (Å²) in [5.74, 6) is -0.227. The number of aromatic nitrogens is 1. The maximum absolute atomic E-state index is 13.5. The van der Waals surface area contributed by atoms with Crippen molar-refractivity contribution < 1.29 is 26.3 Å². The Balaban J connectivity index is 1.67. The van der Waals surface area contributed by atoms with Crippen LogP contribution in [0.5, 0.6) is 0 Å². The number of aliphatic imine (C=N–C) groups is 1. The first-order valence-corrected chi connectivity index (χ1v) is 9.98. The van der Waals surface area contributed by atoms with Gasteiger partial charge in [0.1, 0.15) is 5.82 Å². The van der Waals surface area contributed by atoms with Crippen molar-refractivity contribution in [2.24, 2.45) is 16.5 Å². The molecule has 0 radical (unpaired) electrons. The van der Waals surface area contributed by atoms with Crippen LogP contribution >= 0.6 is 0 Å². The highest BCUT2D eigenvalue weighted by molar-refractivity contribution is 5.82. The number of hydrogen-bond donors (Lipinski definition) is 3. The summed E-state index contributed by atoms with van der Waals surface area (Å²) in [4.78, 5) is 9.72. The summed E-state index contributed by atoms with van der Waals surface area (Å²) in [5.41, 5.74) is 10.6. The molecule has 1 aromatic heterocycles. The topological polar surface area (TPSA) is 92.6 Å². The molecule has 0 spiro atoms. The summed E-state index contributed by atoms with van der Waals surface area (Å²) in [6.45, 7) is 0.345. The summed E-state index contributed by atoms with van der Waals surface area (Å²) in [6.07, 6.45) is -7.34. The Bertz CT molecular complexity index is 1110. The lowest BCUT2D eigenvalue weighted by atomic mass is 9.87. The van der Waals surface area contributed by atoms with E-state index in [0.717, 1.165) is 18.2 Å². The molecule has 0 aliphatic carbocycles. The van der Waals surface area contributed by atoms with Crippen molar-refractivity contribution in [3.05, 3.63) is 70.6 Å². The second-order valence-electron chi connectivity index (χ2n) is 7.78. The number of nitrogens with zero attached hydrogens (tertiary/aromatic N) is 3. The fourth-order valence-electron chi connectivity index (χ4n) is 4.14. The van der Waals surface area contributed by atoms with Gasteiger partial charge in [-0.25, -0.2) is 9.98 Å². The predicted octanol–water partition coefficient (Wildman–Crippen LogP) is 3.70. The maximum atomic E-state index is 13.5. The van der Waals surface area contributed by atoms with Gasteiger partial charge in [-0.2, -0.15) is 26.3 Å². The van der Waals surface area contributed by atoms with Gasteiger partial charge in [0.25, 0.3) is 0 Å². The molecule has 6 nitrogen and oxygen atoms in total. The first kappa shape index (κ1) is 22.9. The number of benzene rings is 1. The third kappa shape index (κ3) is 4.34. The molecule has 33 heavy (non-hydrogen) atoms. The van der Waals surface area contributed by atoms with E-state index in [1.807, 2.05) is 0 Å². The van der Waals surface area contributed by atoms with Crippen molar-refractivity contribution in [1.29, 1.82) is 0 Å². The standard InChI is InChI=1S/C21H20F6N6/c22-20(23,24)13-5-3-12(4-6-13)19(29)14-7-10-33(11-8-16(14)31-18(28)32-19)17-15(21(25,26)27)2-1-9-30-17/h1-6,9H,7-8,10-11,29H2,(H3,28,31,32). The molecule has 0 fully saturated rings. The molecule has 1 atom stereocenters. The molecule has 1 aromatic carbocycles. The molecule has 0 saturated carbocycles. The Labute approximate surface area is 185 Å². The van der Waals surface area contributed by atoms with Gasteiger partial charge in [0.2, 0.25) is 0 Å². The van der Waals surface area contributed by atoms with Gasteiger partial charge in [-0.1, -0.05) is 12.1 Å². The van der Waals surface area contributed by atoms with Crippen molar-refractivity contribution in [2.75, 3.05) is 18.0 Å². The Hall–Kier alpha value is -3.28. The molecule has 0 bridgehead atoms. The predicted molar refractivity (Wildman–Crippen MR) is 110 cm³/mol. The van der Waals surface area contributed by atoms with E-state index in [4.69, 9.17) is 11.5 Å². The fourth-order valence-corrected chi connectivity index (χ4v) is 4.14. The molecule has 1 unspecified atom stereocenters. The van der Waals surface area contributed by atoms with Crippen molar-refractivity contribution >= 4 is 11.8 Å². The van der Waals surface area contributed by atoms with Gasteiger partial charge in [-0.15, -0.1) is 0 Å². The minimum Gasteiger partial charge on any atom is -0.370 e. The molecule has 3 heterocycles. The fraction of sp³-hybridized carbons (Fsp3) is 0.333. The lowest BCUT2D eigenvalue weighted by Crippen LogP contribution is -2.48. The van der Waals surface area contributed by atoms with E-state index >= 15 is 0 Å². The van der Waals surface area contributed by atoms with Crippen LogP contribution in [-0.2, 0) is 18.0 Å². The van der Waals surface area contributed by atoms with Crippen LogP contribution in [0.4, 0.5) is 32.2 Å². The zero-order valence-corrected chi connectivity index (χ0v) is 17.1. The zero-order valence-electron chi connectivity index (χ0n) is 17.1. The number of guanidine groups is 1. The van der Waals surface area contributed by atoms with Crippen LogP contribution in [0.1, 0.15) is 29.5 Å². The van der Waals surface area contributed by atoms with Crippen LogP contribution in [0.2, 0.25) is 0 Å². The average Bonchev–Trinajstić information content (AvgIpc) is 2.95. The Kier molecular flexibility index (Phi) is 5.51. The Morgan fingerprint density at radius 1 is 0.939 bits per heavy atom. The number of nitrogens with two attached hydrogens (primary N) is 2. The van der Waals surface area contributed by atoms with Crippen molar-refractivity contribution in [1.82, 2.24) is 10.3 Å². The number of alkyl halides is 6. The van der Waals surface area contributed by atoms with Crippen LogP contribution in [0.3, 0.4) is 0 Å². The molecule has 5 N–H and O–H groups in total. The van der Waals surface area contributed by atoms with Gasteiger partial charge in [0.05, 0.1) is 11.1 Å². The third-order valence-corrected chi connectivity index (χ3v) is 5.71. The first-order valence-electron chi connectivity index (χ1n) is 9.98. The summed E-state index contributed by atoms with van der Waals surface area (Å²) in [7, 11) is 0. The highest BCUT2D eigenvalue weighted by atomic mass is 19.4. The second-order valence-corrected chi connectivity index (χ2v) is 7.78. The number of halogens is 6. The molecule has 2 aliphatic heterocycles. The van der Waals surface area contributed by atoms with Gasteiger partial charge >= 0.3 is 12.4 Å². The Morgan fingerprint density at radius 3 is 2.24 bits per heavy atom. The van der Waals surface area contributed by atoms with Crippen LogP contribution < -0.4 is 21.7 Å². The van der Waals surface area contributed by atoms with Gasteiger partial charge in [0, 0.05) is 31.4 Å². The lowest BCUT2D eigenvalue weighted by molar-refractivity contribution is -0.138. The van der Waals surface area contributed by atoms with Crippen LogP contribution in [-0.4, -0.2) is 24.0 Å². The number of nitrogens with one attached hydrogen (secondary N) is 1. The second kappa shape index (κ2) is 7.94. The highest BCUT2D eigenvalue weighted by Gasteiger charge is 2.41. The third-order valence-electron chi connectivity index (χ3n) is 5.71. The molecule has 4 rings (SSSR count). The highest BCUT2D eigenvalue weighted by Crippen LogP contribution is 2.40. The minimum atomic E-state index is -4.58. The first-order chi connectivity index (χ1) is 15.4. The summed E-state index contributed by atoms with van der Waals surface area (Å²) in [6, 6.07) is 6.47. The van der Waals surface area contributed by atoms with Gasteiger partial charge in [0.15, 0.2) is 11.6 Å². The molecule has 0 amide bonds. The molecular weight excluding hydrogens is 450 g/mol. The van der Waals surface area contributed by atoms with Crippen molar-refractivity contribution in [3.8, 4) is 0 Å². The van der Waals surface area contributed by atoms with E-state index in [-0.39, 0.29) is 43.3 Å². The number of anilines is 1. The minimum absolute atomic E-state index is 0.0292. The molecule has 176 valence electrons. The van der Waals surface area contributed by atoms with Crippen LogP contribution in [0, 0.1) is 0 Å². The molecule has 0 saturated heterocycles. The molecule has 12 heteroatoms. The SMILES string of the molecule is NC1=NC(N)(c2ccc(C(F)(F)F)cc2)C2=C(CCN(c3ncccc3C(F)(F)F)CC2)N1. The van der Waals surface area contributed by atoms with Crippen LogP contribution in [0.25, 0.3) is 0 Å². The monoisotopic (exact) mass is 470 g/mol. The largest absolute Gasteiger partial charge is 0.419 e. The lowest BCUT2D eigenvalue weighted by Gasteiger charge is -2.35. The van der Waals surface area contributed by atoms with Gasteiger partial charge in [-0.05, 0) is 41.8 Å². The number of rotatable bonds is 2. The van der Waals surface area contributed by atoms with Gasteiger partial charge < -0.3 is 16.0 Å². The van der Waals surface area contributed by atoms with E-state index in [1.165, 1.54) is 29.3 Å². The molecule has 2 aliphatic rings.